The van der Waals surface area contributed by atoms with Crippen LogP contribution in [0.5, 0.6) is 0 Å². The maximum absolute atomic E-state index is 12.1. The highest BCUT2D eigenvalue weighted by molar-refractivity contribution is 5.76. The Balaban J connectivity index is 3.76. The van der Waals surface area contributed by atoms with Gasteiger partial charge in [-0.2, -0.15) is 0 Å². The van der Waals surface area contributed by atoms with Crippen LogP contribution in [-0.2, 0) is 14.3 Å². The summed E-state index contributed by atoms with van der Waals surface area (Å²) in [5.74, 6) is -1.06. The Morgan fingerprint density at radius 2 is 1.52 bits per heavy atom. The smallest absolute Gasteiger partial charge is 0.311 e. The van der Waals surface area contributed by atoms with Gasteiger partial charge in [-0.25, -0.2) is 0 Å². The van der Waals surface area contributed by atoms with Crippen molar-refractivity contribution in [3.63, 3.8) is 0 Å². The van der Waals surface area contributed by atoms with E-state index in [1.165, 1.54) is 38.5 Å². The minimum absolute atomic E-state index is 0.0295. The summed E-state index contributed by atoms with van der Waals surface area (Å²) in [6, 6.07) is 0. The van der Waals surface area contributed by atoms with Crippen molar-refractivity contribution in [2.24, 2.45) is 11.3 Å². The van der Waals surface area contributed by atoms with Crippen molar-refractivity contribution in [2.45, 2.75) is 91.9 Å². The molecule has 136 valence electrons. The van der Waals surface area contributed by atoms with E-state index >= 15 is 0 Å². The molecule has 1 N–H and O–H groups in total. The van der Waals surface area contributed by atoms with E-state index in [4.69, 9.17) is 9.84 Å². The molecule has 0 amide bonds. The highest BCUT2D eigenvalue weighted by Gasteiger charge is 2.31. The van der Waals surface area contributed by atoms with Crippen LogP contribution >= 0.6 is 0 Å². The summed E-state index contributed by atoms with van der Waals surface area (Å²) in [6.07, 6.45) is 10.4. The van der Waals surface area contributed by atoms with E-state index in [9.17, 15) is 9.59 Å². The standard InChI is InChI=1S/C19H36O4/c1-5-6-7-8-9-10-11-12-13-23-18(22)19(3,4)15-16(2)14-17(20)21/h16H,5-15H2,1-4H3,(H,20,21). The van der Waals surface area contributed by atoms with Gasteiger partial charge in [-0.3, -0.25) is 9.59 Å². The number of carboxylic acid groups (broad SMARTS) is 1. The van der Waals surface area contributed by atoms with Crippen molar-refractivity contribution in [3.8, 4) is 0 Å². The molecule has 0 bridgehead atoms. The zero-order chi connectivity index (χ0) is 17.7. The molecule has 4 heteroatoms. The Kier molecular flexibility index (Phi) is 11.8. The molecule has 0 aromatic rings. The van der Waals surface area contributed by atoms with E-state index < -0.39 is 11.4 Å². The topological polar surface area (TPSA) is 63.6 Å². The van der Waals surface area contributed by atoms with Crippen molar-refractivity contribution in [1.82, 2.24) is 0 Å². The first kappa shape index (κ1) is 21.9. The van der Waals surface area contributed by atoms with E-state index in [0.717, 1.165) is 12.8 Å². The minimum atomic E-state index is -0.819. The number of esters is 1. The van der Waals surface area contributed by atoms with Gasteiger partial charge in [-0.05, 0) is 32.6 Å². The number of carboxylic acids is 1. The summed E-state index contributed by atoms with van der Waals surface area (Å²) >= 11 is 0. The normalized spacial score (nSPS) is 12.9. The number of unbranched alkanes of at least 4 members (excludes halogenated alkanes) is 7. The summed E-state index contributed by atoms with van der Waals surface area (Å²) < 4.78 is 5.37. The van der Waals surface area contributed by atoms with Crippen LogP contribution in [0, 0.1) is 11.3 Å². The summed E-state index contributed by atoms with van der Waals surface area (Å²) in [6.45, 7) is 8.23. The lowest BCUT2D eigenvalue weighted by atomic mass is 9.82. The summed E-state index contributed by atoms with van der Waals surface area (Å²) in [7, 11) is 0. The molecule has 0 aromatic heterocycles. The molecular weight excluding hydrogens is 292 g/mol. The Morgan fingerprint density at radius 1 is 1.00 bits per heavy atom. The van der Waals surface area contributed by atoms with Crippen LogP contribution in [0.4, 0.5) is 0 Å². The van der Waals surface area contributed by atoms with E-state index in [1.54, 1.807) is 0 Å². The van der Waals surface area contributed by atoms with Gasteiger partial charge >= 0.3 is 11.9 Å². The van der Waals surface area contributed by atoms with Crippen LogP contribution in [0.15, 0.2) is 0 Å². The van der Waals surface area contributed by atoms with Crippen LogP contribution in [0.25, 0.3) is 0 Å². The molecule has 0 heterocycles. The average molecular weight is 328 g/mol. The molecule has 0 saturated carbocycles. The molecular formula is C19H36O4. The second-order valence-electron chi connectivity index (χ2n) is 7.40. The van der Waals surface area contributed by atoms with Crippen molar-refractivity contribution >= 4 is 11.9 Å². The lowest BCUT2D eigenvalue weighted by molar-refractivity contribution is -0.155. The third-order valence-corrected chi connectivity index (χ3v) is 4.17. The highest BCUT2D eigenvalue weighted by Crippen LogP contribution is 2.28. The monoisotopic (exact) mass is 328 g/mol. The fourth-order valence-electron chi connectivity index (χ4n) is 2.92. The maximum atomic E-state index is 12.1. The number of rotatable bonds is 14. The van der Waals surface area contributed by atoms with Gasteiger partial charge in [0.15, 0.2) is 0 Å². The Morgan fingerprint density at radius 3 is 2.04 bits per heavy atom. The molecule has 4 nitrogen and oxygen atoms in total. The first-order valence-corrected chi connectivity index (χ1v) is 9.18. The minimum Gasteiger partial charge on any atom is -0.481 e. The first-order valence-electron chi connectivity index (χ1n) is 9.18. The number of carbonyl (C=O) groups excluding carboxylic acids is 1. The first-order chi connectivity index (χ1) is 10.8. The van der Waals surface area contributed by atoms with Gasteiger partial charge in [-0.1, -0.05) is 58.8 Å². The largest absolute Gasteiger partial charge is 0.481 e. The number of hydrogen-bond donors (Lipinski definition) is 1. The SMILES string of the molecule is CCCCCCCCCCOC(=O)C(C)(C)CC(C)CC(=O)O. The molecule has 23 heavy (non-hydrogen) atoms. The van der Waals surface area contributed by atoms with Crippen molar-refractivity contribution in [3.05, 3.63) is 0 Å². The second-order valence-corrected chi connectivity index (χ2v) is 7.40. The molecule has 0 aliphatic rings. The molecule has 1 unspecified atom stereocenters. The third-order valence-electron chi connectivity index (χ3n) is 4.17. The number of aliphatic carboxylic acids is 1. The Hall–Kier alpha value is -1.06. The summed E-state index contributed by atoms with van der Waals surface area (Å²) in [4.78, 5) is 22.8. The number of hydrogen-bond acceptors (Lipinski definition) is 3. The van der Waals surface area contributed by atoms with Crippen LogP contribution < -0.4 is 0 Å². The van der Waals surface area contributed by atoms with Gasteiger partial charge in [0.25, 0.3) is 0 Å². The number of ether oxygens (including phenoxy) is 1. The van der Waals surface area contributed by atoms with Gasteiger partial charge < -0.3 is 9.84 Å². The molecule has 0 spiro atoms. The molecule has 0 saturated heterocycles. The zero-order valence-electron chi connectivity index (χ0n) is 15.5. The zero-order valence-corrected chi connectivity index (χ0v) is 15.5. The fraction of sp³-hybridized carbons (Fsp3) is 0.895. The maximum Gasteiger partial charge on any atom is 0.311 e. The molecule has 0 aliphatic heterocycles. The predicted molar refractivity (Wildman–Crippen MR) is 93.4 cm³/mol. The van der Waals surface area contributed by atoms with E-state index in [1.807, 2.05) is 20.8 Å². The van der Waals surface area contributed by atoms with Gasteiger partial charge in [0, 0.05) is 6.42 Å². The van der Waals surface area contributed by atoms with Crippen LogP contribution in [0.2, 0.25) is 0 Å². The van der Waals surface area contributed by atoms with Crippen molar-refractivity contribution < 1.29 is 19.4 Å². The number of carbonyl (C=O) groups is 2. The van der Waals surface area contributed by atoms with Crippen molar-refractivity contribution in [2.75, 3.05) is 6.61 Å². The van der Waals surface area contributed by atoms with Crippen LogP contribution in [-0.4, -0.2) is 23.7 Å². The Bertz CT molecular complexity index is 336. The van der Waals surface area contributed by atoms with Crippen LogP contribution in [0.1, 0.15) is 91.9 Å². The third kappa shape index (κ3) is 12.1. The van der Waals surface area contributed by atoms with E-state index in [0.29, 0.717) is 13.0 Å². The summed E-state index contributed by atoms with van der Waals surface area (Å²) in [5, 5.41) is 8.80. The molecule has 0 fully saturated rings. The highest BCUT2D eigenvalue weighted by atomic mass is 16.5. The van der Waals surface area contributed by atoms with E-state index in [2.05, 4.69) is 6.92 Å². The second kappa shape index (κ2) is 12.4. The van der Waals surface area contributed by atoms with Crippen molar-refractivity contribution in [1.29, 1.82) is 0 Å². The average Bonchev–Trinajstić information content (AvgIpc) is 2.43. The summed E-state index contributed by atoms with van der Waals surface area (Å²) in [5.41, 5.74) is -0.616. The predicted octanol–water partition coefficient (Wildman–Crippen LogP) is 5.20. The molecule has 0 rings (SSSR count). The molecule has 0 radical (unpaired) electrons. The molecule has 0 aliphatic carbocycles. The van der Waals surface area contributed by atoms with Gasteiger partial charge in [-0.15, -0.1) is 0 Å². The van der Waals surface area contributed by atoms with Gasteiger partial charge in [0.2, 0.25) is 0 Å². The fourth-order valence-corrected chi connectivity index (χ4v) is 2.92. The molecule has 0 aromatic carbocycles. The van der Waals surface area contributed by atoms with Crippen LogP contribution in [0.3, 0.4) is 0 Å². The lowest BCUT2D eigenvalue weighted by Gasteiger charge is -2.25. The Labute approximate surface area is 142 Å². The van der Waals surface area contributed by atoms with Gasteiger partial charge in [0.1, 0.15) is 0 Å². The quantitative estimate of drug-likeness (QED) is 0.352. The van der Waals surface area contributed by atoms with Gasteiger partial charge in [0.05, 0.1) is 12.0 Å². The van der Waals surface area contributed by atoms with E-state index in [-0.39, 0.29) is 18.3 Å². The molecule has 1 atom stereocenters. The lowest BCUT2D eigenvalue weighted by Crippen LogP contribution is -2.29.